The molecule has 3 rings (SSSR count). The number of hydrogen-bond acceptors (Lipinski definition) is 7. The second kappa shape index (κ2) is 14.3. The second-order valence-electron chi connectivity index (χ2n) is 10.3. The number of rotatable bonds is 13. The highest BCUT2D eigenvalue weighted by atomic mass is 32.2. The Kier molecular flexibility index (Phi) is 11.2. The van der Waals surface area contributed by atoms with E-state index in [9.17, 15) is 14.4 Å². The lowest BCUT2D eigenvalue weighted by atomic mass is 9.94. The SMILES string of the molecule is CCN(C(C)=O)C(SNc1cccc(NC(=O)CCN2CCCC2)c1)[C@H](N)C(=O)NC(C)(C)c1ccccc1. The quantitative estimate of drug-likeness (QED) is 0.220. The van der Waals surface area contributed by atoms with Crippen LogP contribution >= 0.6 is 11.9 Å². The minimum absolute atomic E-state index is 0.0296. The van der Waals surface area contributed by atoms with Gasteiger partial charge in [-0.15, -0.1) is 0 Å². The maximum atomic E-state index is 13.3. The summed E-state index contributed by atoms with van der Waals surface area (Å²) in [4.78, 5) is 42.1. The molecule has 2 atom stereocenters. The Balaban J connectivity index is 1.65. The number of carbonyl (C=O) groups excluding carboxylic acids is 3. The molecular formula is C29H42N6O3S. The lowest BCUT2D eigenvalue weighted by molar-refractivity contribution is -0.131. The van der Waals surface area contributed by atoms with Gasteiger partial charge >= 0.3 is 0 Å². The van der Waals surface area contributed by atoms with E-state index in [-0.39, 0.29) is 17.7 Å². The molecule has 1 aliphatic heterocycles. The molecule has 1 fully saturated rings. The van der Waals surface area contributed by atoms with Gasteiger partial charge in [-0.3, -0.25) is 14.4 Å². The first-order valence-corrected chi connectivity index (χ1v) is 14.4. The second-order valence-corrected chi connectivity index (χ2v) is 11.3. The fourth-order valence-electron chi connectivity index (χ4n) is 4.64. The van der Waals surface area contributed by atoms with Gasteiger partial charge in [0.1, 0.15) is 11.4 Å². The van der Waals surface area contributed by atoms with E-state index >= 15 is 0 Å². The van der Waals surface area contributed by atoms with Crippen LogP contribution in [0.15, 0.2) is 54.6 Å². The fourth-order valence-corrected chi connectivity index (χ4v) is 5.72. The average Bonchev–Trinajstić information content (AvgIpc) is 3.43. The summed E-state index contributed by atoms with van der Waals surface area (Å²) in [7, 11) is 0. The van der Waals surface area contributed by atoms with Crippen molar-refractivity contribution in [3.05, 3.63) is 60.2 Å². The zero-order valence-electron chi connectivity index (χ0n) is 23.4. The van der Waals surface area contributed by atoms with Crippen molar-refractivity contribution < 1.29 is 14.4 Å². The monoisotopic (exact) mass is 554 g/mol. The molecule has 5 N–H and O–H groups in total. The Labute approximate surface area is 236 Å². The smallest absolute Gasteiger partial charge is 0.240 e. The minimum Gasteiger partial charge on any atom is -0.346 e. The van der Waals surface area contributed by atoms with Crippen molar-refractivity contribution in [1.82, 2.24) is 15.1 Å². The van der Waals surface area contributed by atoms with Crippen molar-refractivity contribution in [2.45, 2.75) is 63.9 Å². The number of amides is 3. The van der Waals surface area contributed by atoms with Crippen LogP contribution in [-0.2, 0) is 19.9 Å². The van der Waals surface area contributed by atoms with E-state index in [2.05, 4.69) is 20.3 Å². The molecule has 0 aromatic heterocycles. The van der Waals surface area contributed by atoms with E-state index in [1.54, 1.807) is 4.90 Å². The highest BCUT2D eigenvalue weighted by molar-refractivity contribution is 8.01. The van der Waals surface area contributed by atoms with Crippen LogP contribution in [0.4, 0.5) is 11.4 Å². The summed E-state index contributed by atoms with van der Waals surface area (Å²) in [6.45, 7) is 10.4. The molecule has 0 saturated carbocycles. The maximum absolute atomic E-state index is 13.3. The number of hydrogen-bond donors (Lipinski definition) is 4. The van der Waals surface area contributed by atoms with Gasteiger partial charge in [0.2, 0.25) is 17.7 Å². The van der Waals surface area contributed by atoms with Crippen LogP contribution in [0.2, 0.25) is 0 Å². The summed E-state index contributed by atoms with van der Waals surface area (Å²) >= 11 is 1.20. The van der Waals surface area contributed by atoms with Gasteiger partial charge in [-0.05, 0) is 82.4 Å². The molecule has 0 bridgehead atoms. The molecule has 1 heterocycles. The number of likely N-dealkylation sites (N-methyl/N-ethyl adjacent to an activating group) is 1. The standard InChI is InChI=1S/C29H42N6O3S/c1-5-35(21(2)36)28(26(30)27(38)32-29(3,4)22-12-7-6-8-13-22)39-33-24-15-11-14-23(20-24)31-25(37)16-19-34-17-9-10-18-34/h6-8,11-15,20,26,28,33H,5,9-10,16-19,30H2,1-4H3,(H,31,37)(H,32,38)/t26-,28?/m1/s1. The van der Waals surface area contributed by atoms with Gasteiger partial charge in [0.05, 0.1) is 5.54 Å². The van der Waals surface area contributed by atoms with Crippen LogP contribution in [0.25, 0.3) is 0 Å². The number of nitrogens with two attached hydrogens (primary N) is 1. The zero-order chi connectivity index (χ0) is 28.4. The first-order chi connectivity index (χ1) is 18.6. The topological polar surface area (TPSA) is 120 Å². The van der Waals surface area contributed by atoms with Gasteiger partial charge in [0.25, 0.3) is 0 Å². The van der Waals surface area contributed by atoms with Gasteiger partial charge in [0, 0.05) is 37.8 Å². The average molecular weight is 555 g/mol. The van der Waals surface area contributed by atoms with Crippen LogP contribution in [0, 0.1) is 0 Å². The number of nitrogens with one attached hydrogen (secondary N) is 3. The third-order valence-corrected chi connectivity index (χ3v) is 8.03. The third-order valence-electron chi connectivity index (χ3n) is 6.89. The van der Waals surface area contributed by atoms with Crippen molar-refractivity contribution in [1.29, 1.82) is 0 Å². The van der Waals surface area contributed by atoms with E-state index in [0.29, 0.717) is 18.7 Å². The summed E-state index contributed by atoms with van der Waals surface area (Å²) < 4.78 is 3.24. The van der Waals surface area contributed by atoms with Crippen molar-refractivity contribution in [3.8, 4) is 0 Å². The predicted molar refractivity (Wildman–Crippen MR) is 159 cm³/mol. The highest BCUT2D eigenvalue weighted by Crippen LogP contribution is 2.26. The molecule has 0 aliphatic carbocycles. The molecule has 3 amide bonds. The molecule has 0 spiro atoms. The van der Waals surface area contributed by atoms with Crippen LogP contribution in [-0.4, -0.2) is 65.1 Å². The molecule has 1 unspecified atom stereocenters. The van der Waals surface area contributed by atoms with Crippen LogP contribution < -0.4 is 21.1 Å². The largest absolute Gasteiger partial charge is 0.346 e. The van der Waals surface area contributed by atoms with Crippen molar-refractivity contribution in [2.75, 3.05) is 36.2 Å². The van der Waals surface area contributed by atoms with Gasteiger partial charge < -0.3 is 30.9 Å². The zero-order valence-corrected chi connectivity index (χ0v) is 24.2. The Morgan fingerprint density at radius 3 is 2.36 bits per heavy atom. The number of nitrogens with zero attached hydrogens (tertiary/aromatic N) is 2. The van der Waals surface area contributed by atoms with E-state index in [4.69, 9.17) is 5.73 Å². The number of benzene rings is 2. The van der Waals surface area contributed by atoms with Gasteiger partial charge in [0.15, 0.2) is 0 Å². The van der Waals surface area contributed by atoms with Crippen molar-refractivity contribution in [3.63, 3.8) is 0 Å². The van der Waals surface area contributed by atoms with Gasteiger partial charge in [-0.25, -0.2) is 0 Å². The third kappa shape index (κ3) is 8.98. The normalized spacial score (nSPS) is 15.3. The Hall–Kier alpha value is -3.08. The first-order valence-electron chi connectivity index (χ1n) is 13.5. The summed E-state index contributed by atoms with van der Waals surface area (Å²) in [6, 6.07) is 16.0. The molecule has 1 saturated heterocycles. The molecule has 39 heavy (non-hydrogen) atoms. The molecule has 9 nitrogen and oxygen atoms in total. The molecule has 1 aliphatic rings. The molecule has 212 valence electrons. The highest BCUT2D eigenvalue weighted by Gasteiger charge is 2.34. The van der Waals surface area contributed by atoms with Crippen LogP contribution in [0.1, 0.15) is 52.5 Å². The van der Waals surface area contributed by atoms with Crippen molar-refractivity contribution in [2.24, 2.45) is 5.73 Å². The molecule has 2 aromatic carbocycles. The van der Waals surface area contributed by atoms with Crippen LogP contribution in [0.5, 0.6) is 0 Å². The van der Waals surface area contributed by atoms with E-state index < -0.39 is 17.0 Å². The molecule has 0 radical (unpaired) electrons. The van der Waals surface area contributed by atoms with E-state index in [0.717, 1.165) is 30.9 Å². The Bertz CT molecular complexity index is 1110. The fraction of sp³-hybridized carbons (Fsp3) is 0.483. The molecular weight excluding hydrogens is 512 g/mol. The molecule has 2 aromatic rings. The Morgan fingerprint density at radius 2 is 1.72 bits per heavy atom. The summed E-state index contributed by atoms with van der Waals surface area (Å²) in [5.41, 5.74) is 8.18. The van der Waals surface area contributed by atoms with Crippen molar-refractivity contribution >= 4 is 41.0 Å². The lowest BCUT2D eigenvalue weighted by Crippen LogP contribution is -2.58. The van der Waals surface area contributed by atoms with Gasteiger partial charge in [-0.2, -0.15) is 0 Å². The van der Waals surface area contributed by atoms with Crippen LogP contribution in [0.3, 0.4) is 0 Å². The number of anilines is 2. The number of carbonyl (C=O) groups is 3. The summed E-state index contributed by atoms with van der Waals surface area (Å²) in [6.07, 6.45) is 2.84. The van der Waals surface area contributed by atoms with E-state index in [1.165, 1.54) is 31.7 Å². The Morgan fingerprint density at radius 1 is 1.05 bits per heavy atom. The first kappa shape index (κ1) is 30.5. The lowest BCUT2D eigenvalue weighted by Gasteiger charge is -2.35. The number of likely N-dealkylation sites (tertiary alicyclic amines) is 1. The molecule has 10 heteroatoms. The maximum Gasteiger partial charge on any atom is 0.240 e. The predicted octanol–water partition coefficient (Wildman–Crippen LogP) is 3.74. The van der Waals surface area contributed by atoms with Gasteiger partial charge in [-0.1, -0.05) is 36.4 Å². The van der Waals surface area contributed by atoms with E-state index in [1.807, 2.05) is 75.4 Å². The summed E-state index contributed by atoms with van der Waals surface area (Å²) in [5, 5.41) is 5.33. The minimum atomic E-state index is -0.997. The summed E-state index contributed by atoms with van der Waals surface area (Å²) in [5.74, 6) is -0.568.